The first kappa shape index (κ1) is 16.7. The smallest absolute Gasteiger partial charge is 0.246 e. The van der Waals surface area contributed by atoms with E-state index in [-0.39, 0.29) is 12.1 Å². The summed E-state index contributed by atoms with van der Waals surface area (Å²) in [5.74, 6) is 0. The molecule has 2 heteroatoms. The molecule has 2 aliphatic heterocycles. The first-order valence-corrected chi connectivity index (χ1v) is 10.3. The fraction of sp³-hybridized carbons (Fsp3) is 0.111. The van der Waals surface area contributed by atoms with E-state index in [1.807, 2.05) is 0 Å². The normalized spacial score (nSPS) is 15.4. The van der Waals surface area contributed by atoms with Gasteiger partial charge in [0.1, 0.15) is 0 Å². The molecule has 4 aromatic rings. The first-order chi connectivity index (χ1) is 14.2. The minimum Gasteiger partial charge on any atom is -0.311 e. The van der Waals surface area contributed by atoms with Crippen LogP contribution in [0.15, 0.2) is 97.1 Å². The zero-order chi connectivity index (χ0) is 19.6. The molecule has 2 heterocycles. The van der Waals surface area contributed by atoms with Crippen molar-refractivity contribution in [3.63, 3.8) is 0 Å². The van der Waals surface area contributed by atoms with Crippen LogP contribution < -0.4 is 21.3 Å². The maximum atomic E-state index is 2.50. The van der Waals surface area contributed by atoms with Crippen molar-refractivity contribution in [2.45, 2.75) is 19.3 Å². The van der Waals surface area contributed by atoms with Crippen LogP contribution in [0.4, 0.5) is 17.1 Å². The third-order valence-corrected chi connectivity index (χ3v) is 6.72. The van der Waals surface area contributed by atoms with E-state index in [1.54, 1.807) is 0 Å². The van der Waals surface area contributed by atoms with Crippen LogP contribution in [0.25, 0.3) is 0 Å². The lowest BCUT2D eigenvalue weighted by atomic mass is 9.34. The zero-order valence-electron chi connectivity index (χ0n) is 16.8. The molecule has 6 rings (SSSR count). The maximum absolute atomic E-state index is 2.50. The molecule has 0 fully saturated rings. The Morgan fingerprint density at radius 2 is 1.21 bits per heavy atom. The van der Waals surface area contributed by atoms with E-state index >= 15 is 0 Å². The van der Waals surface area contributed by atoms with Gasteiger partial charge < -0.3 is 4.90 Å². The number of benzene rings is 4. The lowest BCUT2D eigenvalue weighted by molar-refractivity contribution is 0.632. The average molecular weight is 371 g/mol. The summed E-state index contributed by atoms with van der Waals surface area (Å²) in [6.07, 6.45) is 0. The van der Waals surface area contributed by atoms with Gasteiger partial charge in [0.15, 0.2) is 0 Å². The summed E-state index contributed by atoms with van der Waals surface area (Å²) in [6.45, 7) is 4.97. The van der Waals surface area contributed by atoms with E-state index in [1.165, 1.54) is 44.6 Å². The van der Waals surface area contributed by atoms with E-state index in [9.17, 15) is 0 Å². The molecule has 0 spiro atoms. The monoisotopic (exact) mass is 371 g/mol. The molecule has 0 aliphatic carbocycles. The number of nitrogens with zero attached hydrogens (tertiary/aromatic N) is 1. The minimum atomic E-state index is -0.0358. The zero-order valence-corrected chi connectivity index (χ0v) is 16.8. The topological polar surface area (TPSA) is 3.24 Å². The predicted octanol–water partition coefficient (Wildman–Crippen LogP) is 4.63. The Morgan fingerprint density at radius 1 is 0.586 bits per heavy atom. The molecular formula is C27H22BN. The van der Waals surface area contributed by atoms with Gasteiger partial charge in [0, 0.05) is 16.8 Å². The fourth-order valence-electron chi connectivity index (χ4n) is 5.37. The molecule has 138 valence electrons. The molecule has 0 amide bonds. The van der Waals surface area contributed by atoms with Gasteiger partial charge in [0.25, 0.3) is 0 Å². The second kappa shape index (κ2) is 5.87. The number of hydrogen-bond acceptors (Lipinski definition) is 1. The van der Waals surface area contributed by atoms with Crippen LogP contribution in [-0.4, -0.2) is 6.71 Å². The Labute approximate surface area is 172 Å². The number of hydrogen-bond donors (Lipinski definition) is 0. The Bertz CT molecular complexity index is 1240. The van der Waals surface area contributed by atoms with E-state index in [4.69, 9.17) is 0 Å². The van der Waals surface area contributed by atoms with Crippen LogP contribution in [0.1, 0.15) is 25.0 Å². The standard InChI is InChI=1S/C27H22BN/c1-27(2)20-13-6-8-17-24(20)29-25-18-9-7-15-22(25)28(19-11-4-3-5-12-19)23-16-10-14-21(27)26(23)29/h3-18H,1-2H3. The molecule has 4 aromatic carbocycles. The van der Waals surface area contributed by atoms with Gasteiger partial charge in [-0.15, -0.1) is 0 Å². The summed E-state index contributed by atoms with van der Waals surface area (Å²) in [6, 6.07) is 35.6. The minimum absolute atomic E-state index is 0.0358. The third kappa shape index (κ3) is 2.17. The maximum Gasteiger partial charge on any atom is 0.246 e. The molecular weight excluding hydrogens is 349 g/mol. The van der Waals surface area contributed by atoms with Crippen LogP contribution in [-0.2, 0) is 5.41 Å². The highest BCUT2D eigenvalue weighted by molar-refractivity contribution is 6.98. The lowest BCUT2D eigenvalue weighted by Gasteiger charge is -2.47. The van der Waals surface area contributed by atoms with Gasteiger partial charge in [-0.25, -0.2) is 0 Å². The van der Waals surface area contributed by atoms with Crippen molar-refractivity contribution in [3.8, 4) is 0 Å². The van der Waals surface area contributed by atoms with Crippen LogP contribution in [0.2, 0.25) is 0 Å². The van der Waals surface area contributed by atoms with E-state index in [0.717, 1.165) is 0 Å². The SMILES string of the molecule is CC1(C)c2ccccc2N2c3ccccc3B(c3ccccc3)c3cccc1c32. The molecule has 0 atom stereocenters. The molecule has 29 heavy (non-hydrogen) atoms. The Kier molecular flexibility index (Phi) is 3.38. The van der Waals surface area contributed by atoms with Gasteiger partial charge in [0.05, 0.1) is 5.69 Å². The predicted molar refractivity (Wildman–Crippen MR) is 124 cm³/mol. The largest absolute Gasteiger partial charge is 0.311 e. The van der Waals surface area contributed by atoms with Crippen molar-refractivity contribution >= 4 is 40.2 Å². The summed E-state index contributed by atoms with van der Waals surface area (Å²) in [7, 11) is 0. The van der Waals surface area contributed by atoms with Crippen molar-refractivity contribution in [2.24, 2.45) is 0 Å². The van der Waals surface area contributed by atoms with Crippen molar-refractivity contribution in [1.29, 1.82) is 0 Å². The summed E-state index contributed by atoms with van der Waals surface area (Å²) in [5, 5.41) is 0. The number of rotatable bonds is 1. The second-order valence-corrected chi connectivity index (χ2v) is 8.62. The molecule has 1 nitrogen and oxygen atoms in total. The molecule has 2 aliphatic rings. The van der Waals surface area contributed by atoms with Gasteiger partial charge in [-0.2, -0.15) is 0 Å². The van der Waals surface area contributed by atoms with Crippen molar-refractivity contribution < 1.29 is 0 Å². The Hall–Kier alpha value is -3.26. The average Bonchev–Trinajstić information content (AvgIpc) is 2.77. The van der Waals surface area contributed by atoms with Gasteiger partial charge in [-0.1, -0.05) is 104 Å². The van der Waals surface area contributed by atoms with Crippen molar-refractivity contribution in [3.05, 3.63) is 108 Å². The second-order valence-electron chi connectivity index (χ2n) is 8.62. The number of fused-ring (bicyclic) bond motifs is 4. The van der Waals surface area contributed by atoms with Crippen LogP contribution in [0.5, 0.6) is 0 Å². The van der Waals surface area contributed by atoms with Gasteiger partial charge in [0.2, 0.25) is 6.71 Å². The van der Waals surface area contributed by atoms with Gasteiger partial charge in [-0.05, 0) is 34.2 Å². The summed E-state index contributed by atoms with van der Waals surface area (Å²) in [4.78, 5) is 2.50. The quantitative estimate of drug-likeness (QED) is 0.389. The van der Waals surface area contributed by atoms with Crippen molar-refractivity contribution in [1.82, 2.24) is 0 Å². The highest BCUT2D eigenvalue weighted by Gasteiger charge is 2.43. The van der Waals surface area contributed by atoms with Crippen LogP contribution in [0.3, 0.4) is 0 Å². The molecule has 0 bridgehead atoms. The molecule has 0 radical (unpaired) electrons. The Morgan fingerprint density at radius 3 is 2.03 bits per heavy atom. The van der Waals surface area contributed by atoms with E-state index < -0.39 is 0 Å². The molecule has 0 saturated carbocycles. The number of para-hydroxylation sites is 3. The molecule has 0 aromatic heterocycles. The van der Waals surface area contributed by atoms with Crippen LogP contribution >= 0.6 is 0 Å². The molecule has 0 saturated heterocycles. The van der Waals surface area contributed by atoms with Gasteiger partial charge in [-0.3, -0.25) is 0 Å². The van der Waals surface area contributed by atoms with E-state index in [0.29, 0.717) is 0 Å². The lowest BCUT2D eigenvalue weighted by Crippen LogP contribution is -2.58. The third-order valence-electron chi connectivity index (χ3n) is 6.72. The first-order valence-electron chi connectivity index (χ1n) is 10.3. The van der Waals surface area contributed by atoms with Crippen LogP contribution in [0, 0.1) is 0 Å². The fourth-order valence-corrected chi connectivity index (χ4v) is 5.37. The summed E-state index contributed by atoms with van der Waals surface area (Å²) < 4.78 is 0. The van der Waals surface area contributed by atoms with Gasteiger partial charge >= 0.3 is 0 Å². The Balaban J connectivity index is 1.74. The highest BCUT2D eigenvalue weighted by atomic mass is 15.2. The highest BCUT2D eigenvalue weighted by Crippen LogP contribution is 2.51. The van der Waals surface area contributed by atoms with Crippen molar-refractivity contribution in [2.75, 3.05) is 4.90 Å². The summed E-state index contributed by atoms with van der Waals surface area (Å²) >= 11 is 0. The number of anilines is 3. The summed E-state index contributed by atoms with van der Waals surface area (Å²) in [5.41, 5.74) is 10.8. The molecule has 0 unspecified atom stereocenters. The molecule has 0 N–H and O–H groups in total. The van der Waals surface area contributed by atoms with E-state index in [2.05, 4.69) is 116 Å².